The predicted octanol–water partition coefficient (Wildman–Crippen LogP) is 3.16. The van der Waals surface area contributed by atoms with E-state index in [-0.39, 0.29) is 0 Å². The van der Waals surface area contributed by atoms with Crippen LogP contribution in [0.3, 0.4) is 0 Å². The number of nitrogens with zero attached hydrogens (tertiary/aromatic N) is 4. The Bertz CT molecular complexity index is 738. The van der Waals surface area contributed by atoms with Gasteiger partial charge in [-0.15, -0.1) is 10.2 Å². The number of methoxy groups -OCH3 is 1. The van der Waals surface area contributed by atoms with Gasteiger partial charge in [-0.1, -0.05) is 32.4 Å². The molecule has 7 heteroatoms. The Balaban J connectivity index is 1.89. The van der Waals surface area contributed by atoms with E-state index in [9.17, 15) is 0 Å². The van der Waals surface area contributed by atoms with Crippen molar-refractivity contribution in [3.63, 3.8) is 0 Å². The quantitative estimate of drug-likeness (QED) is 0.373. The minimum atomic E-state index is 0.455. The van der Waals surface area contributed by atoms with Crippen LogP contribution in [-0.2, 0) is 13.6 Å². The van der Waals surface area contributed by atoms with E-state index in [1.165, 1.54) is 5.56 Å². The fourth-order valence-electron chi connectivity index (χ4n) is 2.80. The van der Waals surface area contributed by atoms with E-state index in [0.717, 1.165) is 55.7 Å². The average molecular weight is 387 g/mol. The first-order valence-electron chi connectivity index (χ1n) is 10.1. The van der Waals surface area contributed by atoms with Crippen LogP contribution >= 0.6 is 0 Å². The van der Waals surface area contributed by atoms with Crippen molar-refractivity contribution in [2.75, 3.05) is 20.2 Å². The normalized spacial score (nSPS) is 12.7. The lowest BCUT2D eigenvalue weighted by Crippen LogP contribution is -2.38. The lowest BCUT2D eigenvalue weighted by atomic mass is 9.98. The van der Waals surface area contributed by atoms with E-state index in [1.807, 2.05) is 30.7 Å². The Morgan fingerprint density at radius 3 is 2.50 bits per heavy atom. The zero-order chi connectivity index (χ0) is 20.4. The summed E-state index contributed by atoms with van der Waals surface area (Å²) in [5, 5.41) is 15.1. The first kappa shape index (κ1) is 21.7. The zero-order valence-corrected chi connectivity index (χ0v) is 17.8. The van der Waals surface area contributed by atoms with Crippen LogP contribution in [0, 0.1) is 6.92 Å². The topological polar surface area (TPSA) is 76.4 Å². The maximum absolute atomic E-state index is 5.23. The van der Waals surface area contributed by atoms with Crippen molar-refractivity contribution in [2.45, 2.75) is 52.5 Å². The molecule has 1 aromatic heterocycles. The fourth-order valence-corrected chi connectivity index (χ4v) is 2.80. The summed E-state index contributed by atoms with van der Waals surface area (Å²) in [4.78, 5) is 4.69. The Hall–Kier alpha value is -2.57. The molecule has 0 aliphatic carbocycles. The van der Waals surface area contributed by atoms with Crippen LogP contribution in [0.4, 0.5) is 0 Å². The van der Waals surface area contributed by atoms with Crippen molar-refractivity contribution >= 4 is 5.96 Å². The highest BCUT2D eigenvalue weighted by Crippen LogP contribution is 2.21. The first-order chi connectivity index (χ1) is 13.5. The van der Waals surface area contributed by atoms with Crippen LogP contribution in [0.25, 0.3) is 0 Å². The molecule has 1 atom stereocenters. The fraction of sp³-hybridized carbons (Fsp3) is 0.571. The smallest absolute Gasteiger partial charge is 0.191 e. The van der Waals surface area contributed by atoms with Crippen LogP contribution in [0.2, 0.25) is 0 Å². The number of nitrogens with one attached hydrogen (secondary N) is 2. The lowest BCUT2D eigenvalue weighted by Gasteiger charge is -2.16. The monoisotopic (exact) mass is 386 g/mol. The number of ether oxygens (including phenoxy) is 1. The highest BCUT2D eigenvalue weighted by molar-refractivity contribution is 5.79. The maximum Gasteiger partial charge on any atom is 0.191 e. The van der Waals surface area contributed by atoms with E-state index in [2.05, 4.69) is 51.8 Å². The second kappa shape index (κ2) is 11.3. The van der Waals surface area contributed by atoms with Gasteiger partial charge in [0.1, 0.15) is 18.1 Å². The van der Waals surface area contributed by atoms with Crippen molar-refractivity contribution in [1.82, 2.24) is 25.4 Å². The van der Waals surface area contributed by atoms with Gasteiger partial charge in [0.05, 0.1) is 7.11 Å². The second-order valence-electron chi connectivity index (χ2n) is 7.06. The van der Waals surface area contributed by atoms with Crippen molar-refractivity contribution in [2.24, 2.45) is 12.0 Å². The molecule has 2 aromatic rings. The number of guanidine groups is 1. The number of hydrogen-bond acceptors (Lipinski definition) is 4. The number of unbranched alkanes of at least 4 members (excludes halogenated alkanes) is 1. The van der Waals surface area contributed by atoms with Crippen LogP contribution < -0.4 is 15.4 Å². The molecule has 0 spiro atoms. The summed E-state index contributed by atoms with van der Waals surface area (Å²) < 4.78 is 7.21. The van der Waals surface area contributed by atoms with Gasteiger partial charge in [0.25, 0.3) is 0 Å². The molecule has 0 fully saturated rings. The molecule has 1 aromatic carbocycles. The van der Waals surface area contributed by atoms with Crippen molar-refractivity contribution in [3.8, 4) is 5.75 Å². The molecular weight excluding hydrogens is 352 g/mol. The van der Waals surface area contributed by atoms with E-state index >= 15 is 0 Å². The van der Waals surface area contributed by atoms with Crippen molar-refractivity contribution in [3.05, 3.63) is 41.5 Å². The third kappa shape index (κ3) is 6.55. The Labute approximate surface area is 168 Å². The summed E-state index contributed by atoms with van der Waals surface area (Å²) in [6, 6.07) is 8.30. The third-order valence-corrected chi connectivity index (χ3v) is 4.94. The lowest BCUT2D eigenvalue weighted by molar-refractivity contribution is 0.414. The van der Waals surface area contributed by atoms with Crippen LogP contribution in [0.5, 0.6) is 5.75 Å². The molecule has 1 heterocycles. The van der Waals surface area contributed by atoms with Gasteiger partial charge in [0, 0.05) is 20.1 Å². The molecule has 0 bridgehead atoms. The van der Waals surface area contributed by atoms with E-state index < -0.39 is 0 Å². The molecule has 7 nitrogen and oxygen atoms in total. The summed E-state index contributed by atoms with van der Waals surface area (Å²) in [5.74, 6) is 3.93. The molecule has 28 heavy (non-hydrogen) atoms. The van der Waals surface area contributed by atoms with Crippen LogP contribution in [0.1, 0.15) is 56.2 Å². The van der Waals surface area contributed by atoms with Gasteiger partial charge in [-0.2, -0.15) is 0 Å². The summed E-state index contributed by atoms with van der Waals surface area (Å²) >= 11 is 0. The van der Waals surface area contributed by atoms with E-state index in [1.54, 1.807) is 7.11 Å². The third-order valence-electron chi connectivity index (χ3n) is 4.94. The van der Waals surface area contributed by atoms with Crippen molar-refractivity contribution < 1.29 is 4.74 Å². The predicted molar refractivity (Wildman–Crippen MR) is 114 cm³/mol. The summed E-state index contributed by atoms with van der Waals surface area (Å²) in [6.07, 6.45) is 3.28. The highest BCUT2D eigenvalue weighted by atomic mass is 16.5. The Morgan fingerprint density at radius 2 is 1.89 bits per heavy atom. The standard InChI is InChI=1S/C21H34N6O/c1-6-7-13-22-21(24-15-20-26-25-17(3)27(20)4)23-14-12-16(2)18-8-10-19(28-5)11-9-18/h8-11,16H,6-7,12-15H2,1-5H3,(H2,22,23,24). The molecule has 2 N–H and O–H groups in total. The Kier molecular flexibility index (Phi) is 8.78. The van der Waals surface area contributed by atoms with Gasteiger partial charge in [-0.05, 0) is 43.4 Å². The molecule has 0 aliphatic rings. The van der Waals surface area contributed by atoms with Crippen LogP contribution in [0.15, 0.2) is 29.3 Å². The molecule has 0 amide bonds. The van der Waals surface area contributed by atoms with E-state index in [0.29, 0.717) is 12.5 Å². The molecule has 0 saturated carbocycles. The van der Waals surface area contributed by atoms with Crippen LogP contribution in [-0.4, -0.2) is 40.9 Å². The number of aromatic nitrogens is 3. The first-order valence-corrected chi connectivity index (χ1v) is 10.1. The summed E-state index contributed by atoms with van der Waals surface area (Å²) in [7, 11) is 3.66. The highest BCUT2D eigenvalue weighted by Gasteiger charge is 2.08. The molecule has 0 saturated heterocycles. The summed E-state index contributed by atoms with van der Waals surface area (Å²) in [5.41, 5.74) is 1.31. The Morgan fingerprint density at radius 1 is 1.18 bits per heavy atom. The van der Waals surface area contributed by atoms with Gasteiger partial charge >= 0.3 is 0 Å². The number of aliphatic imine (C=N–C) groups is 1. The van der Waals surface area contributed by atoms with Gasteiger partial charge in [0.15, 0.2) is 11.8 Å². The minimum Gasteiger partial charge on any atom is -0.497 e. The maximum atomic E-state index is 5.23. The number of aryl methyl sites for hydroxylation is 1. The molecule has 0 aliphatic heterocycles. The van der Waals surface area contributed by atoms with Gasteiger partial charge in [-0.25, -0.2) is 4.99 Å². The van der Waals surface area contributed by atoms with Gasteiger partial charge in [-0.3, -0.25) is 0 Å². The van der Waals surface area contributed by atoms with E-state index in [4.69, 9.17) is 4.74 Å². The van der Waals surface area contributed by atoms with Gasteiger partial charge < -0.3 is 19.9 Å². The average Bonchev–Trinajstić information content (AvgIpc) is 3.03. The van der Waals surface area contributed by atoms with Gasteiger partial charge in [0.2, 0.25) is 0 Å². The number of hydrogen-bond donors (Lipinski definition) is 2. The molecule has 2 rings (SSSR count). The number of rotatable bonds is 10. The molecule has 0 radical (unpaired) electrons. The summed E-state index contributed by atoms with van der Waals surface area (Å²) in [6.45, 7) is 8.64. The minimum absolute atomic E-state index is 0.455. The SMILES string of the molecule is CCCCNC(=NCc1nnc(C)n1C)NCCC(C)c1ccc(OC)cc1. The molecule has 1 unspecified atom stereocenters. The molecule has 154 valence electrons. The zero-order valence-electron chi connectivity index (χ0n) is 17.8. The number of benzene rings is 1. The largest absolute Gasteiger partial charge is 0.497 e. The molecular formula is C21H34N6O. The second-order valence-corrected chi connectivity index (χ2v) is 7.06. The van der Waals surface area contributed by atoms with Crippen molar-refractivity contribution in [1.29, 1.82) is 0 Å².